The molecule has 0 saturated heterocycles. The molecule has 0 spiro atoms. The summed E-state index contributed by atoms with van der Waals surface area (Å²) >= 11 is 1.75. The Hall–Kier alpha value is -0.920. The van der Waals surface area contributed by atoms with E-state index in [0.717, 1.165) is 12.8 Å². The van der Waals surface area contributed by atoms with Gasteiger partial charge in [0.1, 0.15) is 11.5 Å². The maximum absolute atomic E-state index is 13.4. The second kappa shape index (κ2) is 6.13. The third-order valence-electron chi connectivity index (χ3n) is 2.58. The lowest BCUT2D eigenvalue weighted by Gasteiger charge is -2.16. The lowest BCUT2D eigenvalue weighted by Crippen LogP contribution is -2.18. The molecule has 0 atom stereocenters. The number of nitro groups is 1. The van der Waals surface area contributed by atoms with Gasteiger partial charge >= 0.3 is 0 Å². The van der Waals surface area contributed by atoms with Gasteiger partial charge in [-0.2, -0.15) is 0 Å². The lowest BCUT2D eigenvalue weighted by atomic mass is 10.1. The highest BCUT2D eigenvalue weighted by molar-refractivity contribution is 14.1. The average molecular weight is 352 g/mol. The molecule has 0 unspecified atom stereocenters. The number of nitrogens with one attached hydrogen (secondary N) is 1. The van der Waals surface area contributed by atoms with Crippen molar-refractivity contribution in [2.45, 2.75) is 32.7 Å². The summed E-state index contributed by atoms with van der Waals surface area (Å²) in [5.74, 6) is -0.440. The van der Waals surface area contributed by atoms with Gasteiger partial charge in [-0.25, -0.2) is 4.39 Å². The van der Waals surface area contributed by atoms with Crippen molar-refractivity contribution in [3.63, 3.8) is 0 Å². The molecule has 0 bridgehead atoms. The SMILES string of the molecule is CCC(CC)Nc1cc(F)c(I)cc1[N+](=O)[O-]. The molecule has 0 aliphatic heterocycles. The summed E-state index contributed by atoms with van der Waals surface area (Å²) in [6.07, 6.45) is 1.67. The van der Waals surface area contributed by atoms with Crippen molar-refractivity contribution in [2.75, 3.05) is 5.32 Å². The van der Waals surface area contributed by atoms with Crippen LogP contribution in [0.25, 0.3) is 0 Å². The molecule has 0 heterocycles. The molecule has 94 valence electrons. The molecule has 1 rings (SSSR count). The third kappa shape index (κ3) is 3.52. The number of halogens is 2. The van der Waals surface area contributed by atoms with Crippen molar-refractivity contribution < 1.29 is 9.31 Å². The van der Waals surface area contributed by atoms with Crippen molar-refractivity contribution >= 4 is 34.0 Å². The van der Waals surface area contributed by atoms with Gasteiger partial charge in [0.15, 0.2) is 0 Å². The molecule has 0 aliphatic carbocycles. The van der Waals surface area contributed by atoms with Crippen LogP contribution in [0.5, 0.6) is 0 Å². The Labute approximate surface area is 113 Å². The van der Waals surface area contributed by atoms with Gasteiger partial charge in [0.05, 0.1) is 8.49 Å². The van der Waals surface area contributed by atoms with E-state index in [0.29, 0.717) is 0 Å². The van der Waals surface area contributed by atoms with Crippen LogP contribution in [0.1, 0.15) is 26.7 Å². The number of hydrogen-bond donors (Lipinski definition) is 1. The number of hydrogen-bond acceptors (Lipinski definition) is 3. The van der Waals surface area contributed by atoms with Crippen LogP contribution in [0.4, 0.5) is 15.8 Å². The third-order valence-corrected chi connectivity index (χ3v) is 3.41. The molecular weight excluding hydrogens is 338 g/mol. The van der Waals surface area contributed by atoms with Crippen LogP contribution in [-0.4, -0.2) is 11.0 Å². The van der Waals surface area contributed by atoms with E-state index in [1.807, 2.05) is 13.8 Å². The van der Waals surface area contributed by atoms with Crippen molar-refractivity contribution in [2.24, 2.45) is 0 Å². The Balaban J connectivity index is 3.12. The summed E-state index contributed by atoms with van der Waals surface area (Å²) in [4.78, 5) is 10.4. The van der Waals surface area contributed by atoms with Gasteiger partial charge in [-0.15, -0.1) is 0 Å². The fourth-order valence-electron chi connectivity index (χ4n) is 1.52. The van der Waals surface area contributed by atoms with E-state index in [-0.39, 0.29) is 21.0 Å². The van der Waals surface area contributed by atoms with Crippen LogP contribution >= 0.6 is 22.6 Å². The van der Waals surface area contributed by atoms with Gasteiger partial charge in [-0.1, -0.05) is 13.8 Å². The Kier molecular flexibility index (Phi) is 5.10. The first kappa shape index (κ1) is 14.1. The highest BCUT2D eigenvalue weighted by atomic mass is 127. The summed E-state index contributed by atoms with van der Waals surface area (Å²) < 4.78 is 13.7. The molecule has 1 aromatic rings. The molecule has 0 fully saturated rings. The molecular formula is C11H14FIN2O2. The quantitative estimate of drug-likeness (QED) is 0.496. The fraction of sp³-hybridized carbons (Fsp3) is 0.455. The number of benzene rings is 1. The molecule has 0 amide bonds. The van der Waals surface area contributed by atoms with E-state index in [2.05, 4.69) is 5.32 Å². The molecule has 6 heteroatoms. The van der Waals surface area contributed by atoms with Crippen LogP contribution < -0.4 is 5.32 Å². The number of nitrogens with zero attached hydrogens (tertiary/aromatic N) is 1. The van der Waals surface area contributed by atoms with Crippen LogP contribution in [0.2, 0.25) is 0 Å². The predicted molar refractivity (Wildman–Crippen MR) is 73.8 cm³/mol. The number of anilines is 1. The molecule has 1 N–H and O–H groups in total. The molecule has 4 nitrogen and oxygen atoms in total. The van der Waals surface area contributed by atoms with Crippen molar-refractivity contribution in [1.29, 1.82) is 0 Å². The maximum Gasteiger partial charge on any atom is 0.293 e. The first-order valence-electron chi connectivity index (χ1n) is 5.39. The van der Waals surface area contributed by atoms with Gasteiger partial charge in [-0.05, 0) is 35.4 Å². The zero-order chi connectivity index (χ0) is 13.0. The Bertz CT molecular complexity index is 422. The van der Waals surface area contributed by atoms with Gasteiger partial charge in [0.2, 0.25) is 0 Å². The fourth-order valence-corrected chi connectivity index (χ4v) is 1.97. The number of rotatable bonds is 5. The zero-order valence-corrected chi connectivity index (χ0v) is 11.8. The van der Waals surface area contributed by atoms with E-state index in [4.69, 9.17) is 0 Å². The Morgan fingerprint density at radius 3 is 2.53 bits per heavy atom. The molecule has 1 aromatic carbocycles. The van der Waals surface area contributed by atoms with Crippen molar-refractivity contribution in [3.8, 4) is 0 Å². The molecule has 0 radical (unpaired) electrons. The van der Waals surface area contributed by atoms with E-state index in [9.17, 15) is 14.5 Å². The zero-order valence-electron chi connectivity index (χ0n) is 9.67. The van der Waals surface area contributed by atoms with Gasteiger partial charge < -0.3 is 5.32 Å². The van der Waals surface area contributed by atoms with Gasteiger partial charge in [0.25, 0.3) is 5.69 Å². The highest BCUT2D eigenvalue weighted by Crippen LogP contribution is 2.29. The monoisotopic (exact) mass is 352 g/mol. The van der Waals surface area contributed by atoms with Crippen LogP contribution in [0, 0.1) is 19.5 Å². The van der Waals surface area contributed by atoms with Crippen molar-refractivity contribution in [1.82, 2.24) is 0 Å². The first-order valence-corrected chi connectivity index (χ1v) is 6.47. The minimum atomic E-state index is -0.494. The second-order valence-corrected chi connectivity index (χ2v) is 4.86. The molecule has 0 aromatic heterocycles. The average Bonchev–Trinajstić information content (AvgIpc) is 2.29. The summed E-state index contributed by atoms with van der Waals surface area (Å²) in [6, 6.07) is 2.56. The van der Waals surface area contributed by atoms with Crippen LogP contribution in [0.3, 0.4) is 0 Å². The van der Waals surface area contributed by atoms with Crippen molar-refractivity contribution in [3.05, 3.63) is 31.6 Å². The van der Waals surface area contributed by atoms with Gasteiger partial charge in [0, 0.05) is 18.2 Å². The molecule has 0 aliphatic rings. The Morgan fingerprint density at radius 2 is 2.06 bits per heavy atom. The minimum Gasteiger partial charge on any atom is -0.377 e. The minimum absolute atomic E-state index is 0.0808. The standard InChI is InChI=1S/C11H14FIN2O2/c1-3-7(4-2)14-10-5-8(12)9(13)6-11(10)15(16)17/h5-7,14H,3-4H2,1-2H3. The van der Waals surface area contributed by atoms with Gasteiger partial charge in [-0.3, -0.25) is 10.1 Å². The first-order chi connectivity index (χ1) is 7.99. The van der Waals surface area contributed by atoms with E-state index in [1.54, 1.807) is 22.6 Å². The summed E-state index contributed by atoms with van der Waals surface area (Å²) in [5.41, 5.74) is 0.171. The smallest absolute Gasteiger partial charge is 0.293 e. The maximum atomic E-state index is 13.4. The highest BCUT2D eigenvalue weighted by Gasteiger charge is 2.19. The van der Waals surface area contributed by atoms with Crippen LogP contribution in [-0.2, 0) is 0 Å². The largest absolute Gasteiger partial charge is 0.377 e. The topological polar surface area (TPSA) is 55.2 Å². The normalized spacial score (nSPS) is 10.6. The Morgan fingerprint density at radius 1 is 1.47 bits per heavy atom. The van der Waals surface area contributed by atoms with E-state index in [1.165, 1.54) is 12.1 Å². The van der Waals surface area contributed by atoms with Crippen LogP contribution in [0.15, 0.2) is 12.1 Å². The second-order valence-electron chi connectivity index (χ2n) is 3.70. The summed E-state index contributed by atoms with van der Waals surface area (Å²) in [5, 5.41) is 13.9. The lowest BCUT2D eigenvalue weighted by molar-refractivity contribution is -0.384. The molecule has 17 heavy (non-hydrogen) atoms. The summed E-state index contributed by atoms with van der Waals surface area (Å²) in [7, 11) is 0. The predicted octanol–water partition coefficient (Wildman–Crippen LogP) is 3.94. The number of nitro benzene ring substituents is 1. The van der Waals surface area contributed by atoms with E-state index < -0.39 is 10.7 Å². The molecule has 0 saturated carbocycles. The summed E-state index contributed by atoms with van der Waals surface area (Å²) in [6.45, 7) is 3.96. The van der Waals surface area contributed by atoms with E-state index >= 15 is 0 Å².